The van der Waals surface area contributed by atoms with E-state index >= 15 is 0 Å². The normalized spacial score (nSPS) is 10.5. The predicted octanol–water partition coefficient (Wildman–Crippen LogP) is 3.13. The van der Waals surface area contributed by atoms with Crippen LogP contribution in [0, 0.1) is 13.8 Å². The van der Waals surface area contributed by atoms with Gasteiger partial charge in [0, 0.05) is 12.1 Å². The van der Waals surface area contributed by atoms with Crippen molar-refractivity contribution in [1.82, 2.24) is 10.2 Å². The molecule has 0 aliphatic rings. The summed E-state index contributed by atoms with van der Waals surface area (Å²) in [7, 11) is 0. The number of rotatable bonds is 6. The van der Waals surface area contributed by atoms with Gasteiger partial charge in [-0.25, -0.2) is 0 Å². The summed E-state index contributed by atoms with van der Waals surface area (Å²) in [6.07, 6.45) is 0.982. The lowest BCUT2D eigenvalue weighted by atomic mass is 10.1. The minimum absolute atomic E-state index is 0.370. The monoisotopic (exact) mass is 287 g/mol. The van der Waals surface area contributed by atoms with Crippen LogP contribution in [-0.2, 0) is 6.54 Å². The van der Waals surface area contributed by atoms with E-state index in [1.165, 1.54) is 0 Å². The Bertz CT molecular complexity index is 597. The maximum atomic E-state index is 5.79. The number of benzene rings is 1. The van der Waals surface area contributed by atoms with Crippen LogP contribution in [0.2, 0.25) is 0 Å². The van der Waals surface area contributed by atoms with E-state index in [-0.39, 0.29) is 0 Å². The number of hydrogen-bond acceptors (Lipinski definition) is 5. The second-order valence-electron chi connectivity index (χ2n) is 4.82. The fourth-order valence-electron chi connectivity index (χ4n) is 1.89. The van der Waals surface area contributed by atoms with Crippen LogP contribution in [0.15, 0.2) is 24.3 Å². The van der Waals surface area contributed by atoms with Crippen molar-refractivity contribution < 1.29 is 9.47 Å². The highest BCUT2D eigenvalue weighted by Crippen LogP contribution is 2.27. The third-order valence-corrected chi connectivity index (χ3v) is 3.26. The summed E-state index contributed by atoms with van der Waals surface area (Å²) in [5, 5.41) is 8.18. The van der Waals surface area contributed by atoms with E-state index in [1.807, 2.05) is 38.1 Å². The van der Waals surface area contributed by atoms with Gasteiger partial charge in [-0.1, -0.05) is 6.92 Å². The molecule has 112 valence electrons. The summed E-state index contributed by atoms with van der Waals surface area (Å²) in [6, 6.07) is 7.45. The van der Waals surface area contributed by atoms with Crippen molar-refractivity contribution in [2.75, 3.05) is 6.61 Å². The molecule has 5 nitrogen and oxygen atoms in total. The van der Waals surface area contributed by atoms with Gasteiger partial charge in [-0.15, -0.1) is 5.10 Å². The van der Waals surface area contributed by atoms with Crippen molar-refractivity contribution in [2.45, 2.75) is 33.7 Å². The standard InChI is InChI=1S/C16H21N3O2/c1-4-9-20-13-5-7-14(8-6-13)21-16-15(10-17)11(2)12(3)18-19-16/h5-8H,4,9-10,17H2,1-3H3. The van der Waals surface area contributed by atoms with Gasteiger partial charge in [0.25, 0.3) is 0 Å². The average molecular weight is 287 g/mol. The Labute approximate surface area is 125 Å². The van der Waals surface area contributed by atoms with Crippen LogP contribution in [0.4, 0.5) is 0 Å². The van der Waals surface area contributed by atoms with Gasteiger partial charge in [0.1, 0.15) is 11.5 Å². The largest absolute Gasteiger partial charge is 0.494 e. The molecule has 0 atom stereocenters. The highest BCUT2D eigenvalue weighted by molar-refractivity contribution is 5.39. The molecular weight excluding hydrogens is 266 g/mol. The Morgan fingerprint density at radius 3 is 2.33 bits per heavy atom. The van der Waals surface area contributed by atoms with Gasteiger partial charge in [0.15, 0.2) is 0 Å². The summed E-state index contributed by atoms with van der Waals surface area (Å²) in [5.74, 6) is 1.98. The zero-order valence-electron chi connectivity index (χ0n) is 12.7. The maximum Gasteiger partial charge on any atom is 0.243 e. The van der Waals surface area contributed by atoms with Gasteiger partial charge in [0.2, 0.25) is 5.88 Å². The van der Waals surface area contributed by atoms with Crippen LogP contribution in [0.3, 0.4) is 0 Å². The molecule has 0 fully saturated rings. The molecule has 2 rings (SSSR count). The molecule has 2 N–H and O–H groups in total. The van der Waals surface area contributed by atoms with E-state index in [0.29, 0.717) is 24.8 Å². The number of aromatic nitrogens is 2. The second-order valence-corrected chi connectivity index (χ2v) is 4.82. The van der Waals surface area contributed by atoms with Crippen molar-refractivity contribution >= 4 is 0 Å². The van der Waals surface area contributed by atoms with Gasteiger partial charge in [-0.3, -0.25) is 0 Å². The topological polar surface area (TPSA) is 70.3 Å². The SMILES string of the molecule is CCCOc1ccc(Oc2nnc(C)c(C)c2CN)cc1. The fraction of sp³-hybridized carbons (Fsp3) is 0.375. The Hall–Kier alpha value is -2.14. The first-order valence-electron chi connectivity index (χ1n) is 7.09. The third-order valence-electron chi connectivity index (χ3n) is 3.26. The molecule has 2 aromatic rings. The van der Waals surface area contributed by atoms with E-state index in [1.54, 1.807) is 0 Å². The molecule has 0 radical (unpaired) electrons. The molecular formula is C16H21N3O2. The van der Waals surface area contributed by atoms with E-state index in [0.717, 1.165) is 29.0 Å². The summed E-state index contributed by atoms with van der Waals surface area (Å²) in [5.41, 5.74) is 8.55. The van der Waals surface area contributed by atoms with Crippen LogP contribution in [0.1, 0.15) is 30.2 Å². The molecule has 0 unspecified atom stereocenters. The second kappa shape index (κ2) is 7.04. The highest BCUT2D eigenvalue weighted by atomic mass is 16.5. The minimum atomic E-state index is 0.370. The first kappa shape index (κ1) is 15.3. The Kier molecular flexibility index (Phi) is 5.11. The first-order chi connectivity index (χ1) is 10.2. The molecule has 0 saturated carbocycles. The van der Waals surface area contributed by atoms with Crippen molar-refractivity contribution in [1.29, 1.82) is 0 Å². The molecule has 0 saturated heterocycles. The van der Waals surface area contributed by atoms with Crippen LogP contribution in [0.25, 0.3) is 0 Å². The van der Waals surface area contributed by atoms with E-state index in [9.17, 15) is 0 Å². The third kappa shape index (κ3) is 3.70. The molecule has 0 aliphatic heterocycles. The summed E-state index contributed by atoms with van der Waals surface area (Å²) in [6.45, 7) is 7.03. The molecule has 21 heavy (non-hydrogen) atoms. The van der Waals surface area contributed by atoms with E-state index in [4.69, 9.17) is 15.2 Å². The van der Waals surface area contributed by atoms with Gasteiger partial charge in [0.05, 0.1) is 12.3 Å². The highest BCUT2D eigenvalue weighted by Gasteiger charge is 2.11. The number of nitrogens with zero attached hydrogens (tertiary/aromatic N) is 2. The van der Waals surface area contributed by atoms with Crippen molar-refractivity contribution in [3.05, 3.63) is 41.1 Å². The maximum absolute atomic E-state index is 5.79. The van der Waals surface area contributed by atoms with E-state index < -0.39 is 0 Å². The van der Waals surface area contributed by atoms with E-state index in [2.05, 4.69) is 17.1 Å². The number of aryl methyl sites for hydroxylation is 1. The summed E-state index contributed by atoms with van der Waals surface area (Å²) in [4.78, 5) is 0. The molecule has 1 heterocycles. The van der Waals surface area contributed by atoms with Crippen LogP contribution < -0.4 is 15.2 Å². The molecule has 0 bridgehead atoms. The fourth-order valence-corrected chi connectivity index (χ4v) is 1.89. The van der Waals surface area contributed by atoms with Gasteiger partial charge < -0.3 is 15.2 Å². The van der Waals surface area contributed by atoms with Crippen molar-refractivity contribution in [3.8, 4) is 17.4 Å². The Balaban J connectivity index is 2.16. The van der Waals surface area contributed by atoms with Crippen molar-refractivity contribution in [2.24, 2.45) is 5.73 Å². The average Bonchev–Trinajstić information content (AvgIpc) is 2.50. The smallest absolute Gasteiger partial charge is 0.243 e. The lowest BCUT2D eigenvalue weighted by Crippen LogP contribution is -2.07. The Morgan fingerprint density at radius 2 is 1.71 bits per heavy atom. The minimum Gasteiger partial charge on any atom is -0.494 e. The molecule has 0 spiro atoms. The van der Waals surface area contributed by atoms with Crippen molar-refractivity contribution in [3.63, 3.8) is 0 Å². The van der Waals surface area contributed by atoms with Crippen LogP contribution in [0.5, 0.6) is 17.4 Å². The van der Waals surface area contributed by atoms with Crippen LogP contribution in [-0.4, -0.2) is 16.8 Å². The number of ether oxygens (including phenoxy) is 2. The molecule has 0 aliphatic carbocycles. The molecule has 1 aromatic carbocycles. The van der Waals surface area contributed by atoms with Crippen LogP contribution >= 0.6 is 0 Å². The Morgan fingerprint density at radius 1 is 1.05 bits per heavy atom. The lowest BCUT2D eigenvalue weighted by Gasteiger charge is -2.12. The predicted molar refractivity (Wildman–Crippen MR) is 81.7 cm³/mol. The number of nitrogens with two attached hydrogens (primary N) is 1. The molecule has 0 amide bonds. The molecule has 5 heteroatoms. The summed E-state index contributed by atoms with van der Waals surface area (Å²) >= 11 is 0. The molecule has 1 aromatic heterocycles. The van der Waals surface area contributed by atoms with Gasteiger partial charge in [-0.2, -0.15) is 5.10 Å². The lowest BCUT2D eigenvalue weighted by molar-refractivity contribution is 0.317. The quantitative estimate of drug-likeness (QED) is 0.883. The zero-order valence-corrected chi connectivity index (χ0v) is 12.7. The first-order valence-corrected chi connectivity index (χ1v) is 7.09. The zero-order chi connectivity index (χ0) is 15.2. The summed E-state index contributed by atoms with van der Waals surface area (Å²) < 4.78 is 11.3. The number of hydrogen-bond donors (Lipinski definition) is 1. The van der Waals surface area contributed by atoms with Gasteiger partial charge >= 0.3 is 0 Å². The van der Waals surface area contributed by atoms with Gasteiger partial charge in [-0.05, 0) is 50.1 Å².